The van der Waals surface area contributed by atoms with Crippen molar-refractivity contribution in [1.29, 1.82) is 0 Å². The molecule has 1 amide bonds. The molecule has 0 saturated heterocycles. The second-order valence-electron chi connectivity index (χ2n) is 4.60. The lowest BCUT2D eigenvalue weighted by Gasteiger charge is -2.21. The highest BCUT2D eigenvalue weighted by Gasteiger charge is 2.52. The zero-order valence-corrected chi connectivity index (χ0v) is 8.56. The van der Waals surface area contributed by atoms with Crippen LogP contribution in [-0.4, -0.2) is 24.3 Å². The molecule has 0 aromatic carbocycles. The summed E-state index contributed by atoms with van der Waals surface area (Å²) < 4.78 is 49.3. The zero-order valence-electron chi connectivity index (χ0n) is 8.56. The third kappa shape index (κ3) is 2.30. The van der Waals surface area contributed by atoms with Gasteiger partial charge in [0.2, 0.25) is 0 Å². The Hall–Kier alpha value is -0.810. The average Bonchev–Trinajstić information content (AvgIpc) is 3.03. The van der Waals surface area contributed by atoms with Gasteiger partial charge in [-0.1, -0.05) is 0 Å². The van der Waals surface area contributed by atoms with E-state index in [1.54, 1.807) is 0 Å². The largest absolute Gasteiger partial charge is 0.383 e. The van der Waals surface area contributed by atoms with Crippen LogP contribution in [0.25, 0.3) is 0 Å². The van der Waals surface area contributed by atoms with E-state index in [2.05, 4.69) is 5.32 Å². The van der Waals surface area contributed by atoms with E-state index in [9.17, 15) is 22.4 Å². The molecule has 0 aliphatic heterocycles. The maximum atomic E-state index is 12.7. The highest BCUT2D eigenvalue weighted by Crippen LogP contribution is 2.44. The zero-order chi connectivity index (χ0) is 11.9. The third-order valence-corrected chi connectivity index (χ3v) is 3.13. The molecular weight excluding hydrogens is 226 g/mol. The SMILES string of the molecule is O=C(NC(C1CC1)C1CC1)C(F)(F)C(F)F. The third-order valence-electron chi connectivity index (χ3n) is 3.13. The fourth-order valence-corrected chi connectivity index (χ4v) is 1.88. The molecule has 0 spiro atoms. The molecule has 0 aromatic heterocycles. The number of amides is 1. The summed E-state index contributed by atoms with van der Waals surface area (Å²) >= 11 is 0. The number of rotatable bonds is 5. The van der Waals surface area contributed by atoms with E-state index in [-0.39, 0.29) is 17.9 Å². The van der Waals surface area contributed by atoms with Crippen molar-refractivity contribution < 1.29 is 22.4 Å². The molecule has 2 fully saturated rings. The summed E-state index contributed by atoms with van der Waals surface area (Å²) in [5.41, 5.74) is 0. The smallest absolute Gasteiger partial charge is 0.347 e. The van der Waals surface area contributed by atoms with E-state index in [4.69, 9.17) is 0 Å². The number of nitrogens with one attached hydrogen (secondary N) is 1. The topological polar surface area (TPSA) is 29.1 Å². The van der Waals surface area contributed by atoms with Crippen LogP contribution in [0.4, 0.5) is 17.6 Å². The first-order valence-electron chi connectivity index (χ1n) is 5.40. The number of hydrogen-bond acceptors (Lipinski definition) is 1. The highest BCUT2D eigenvalue weighted by atomic mass is 19.3. The van der Waals surface area contributed by atoms with Gasteiger partial charge in [-0.15, -0.1) is 0 Å². The number of halogens is 4. The molecule has 0 unspecified atom stereocenters. The summed E-state index contributed by atoms with van der Waals surface area (Å²) in [6, 6.07) is -0.322. The fourth-order valence-electron chi connectivity index (χ4n) is 1.88. The van der Waals surface area contributed by atoms with Crippen molar-refractivity contribution in [2.45, 2.75) is 44.1 Å². The second kappa shape index (κ2) is 3.89. The maximum Gasteiger partial charge on any atom is 0.383 e. The van der Waals surface area contributed by atoms with E-state index in [0.29, 0.717) is 0 Å². The van der Waals surface area contributed by atoms with E-state index in [1.807, 2.05) is 0 Å². The average molecular weight is 239 g/mol. The minimum Gasteiger partial charge on any atom is -0.347 e. The summed E-state index contributed by atoms with van der Waals surface area (Å²) in [6.45, 7) is 0. The number of carbonyl (C=O) groups excluding carboxylic acids is 1. The minimum atomic E-state index is -4.57. The Morgan fingerprint density at radius 3 is 1.88 bits per heavy atom. The van der Waals surface area contributed by atoms with Gasteiger partial charge in [-0.2, -0.15) is 8.78 Å². The molecule has 2 aliphatic rings. The Kier molecular flexibility index (Phi) is 2.84. The lowest BCUT2D eigenvalue weighted by atomic mass is 10.1. The molecule has 0 aromatic rings. The van der Waals surface area contributed by atoms with E-state index in [1.165, 1.54) is 0 Å². The minimum absolute atomic E-state index is 0.213. The molecule has 1 N–H and O–H groups in total. The molecule has 2 nitrogen and oxygen atoms in total. The van der Waals surface area contributed by atoms with E-state index in [0.717, 1.165) is 25.7 Å². The molecule has 0 atom stereocenters. The molecule has 2 rings (SSSR count). The molecule has 92 valence electrons. The molecule has 0 heterocycles. The van der Waals surface area contributed by atoms with Crippen molar-refractivity contribution in [2.75, 3.05) is 0 Å². The summed E-state index contributed by atoms with van der Waals surface area (Å²) in [4.78, 5) is 11.0. The van der Waals surface area contributed by atoms with Gasteiger partial charge < -0.3 is 5.32 Å². The van der Waals surface area contributed by atoms with E-state index >= 15 is 0 Å². The first-order valence-corrected chi connectivity index (χ1v) is 5.40. The van der Waals surface area contributed by atoms with Crippen LogP contribution in [-0.2, 0) is 4.79 Å². The van der Waals surface area contributed by atoms with Gasteiger partial charge in [-0.3, -0.25) is 4.79 Å². The van der Waals surface area contributed by atoms with Crippen molar-refractivity contribution in [3.8, 4) is 0 Å². The maximum absolute atomic E-state index is 12.7. The predicted octanol–water partition coefficient (Wildman–Crippen LogP) is 2.19. The summed E-state index contributed by atoms with van der Waals surface area (Å²) in [5, 5.41) is 2.09. The van der Waals surface area contributed by atoms with Crippen LogP contribution < -0.4 is 5.32 Å². The Bertz CT molecular complexity index is 275. The van der Waals surface area contributed by atoms with Crippen LogP contribution in [0.1, 0.15) is 25.7 Å². The molecule has 2 saturated carbocycles. The summed E-state index contributed by atoms with van der Waals surface area (Å²) in [7, 11) is 0. The van der Waals surface area contributed by atoms with Gasteiger partial charge in [-0.05, 0) is 37.5 Å². The molecule has 16 heavy (non-hydrogen) atoms. The quantitative estimate of drug-likeness (QED) is 0.732. The van der Waals surface area contributed by atoms with Crippen LogP contribution in [0.2, 0.25) is 0 Å². The van der Waals surface area contributed by atoms with Gasteiger partial charge in [0.15, 0.2) is 0 Å². The Balaban J connectivity index is 1.94. The van der Waals surface area contributed by atoms with Gasteiger partial charge in [0.1, 0.15) is 0 Å². The lowest BCUT2D eigenvalue weighted by Crippen LogP contribution is -2.50. The van der Waals surface area contributed by atoms with Crippen LogP contribution in [0.3, 0.4) is 0 Å². The van der Waals surface area contributed by atoms with Gasteiger partial charge in [0, 0.05) is 6.04 Å². The highest BCUT2D eigenvalue weighted by molar-refractivity contribution is 5.84. The van der Waals surface area contributed by atoms with Crippen LogP contribution in [0, 0.1) is 11.8 Å². The molecule has 0 radical (unpaired) electrons. The van der Waals surface area contributed by atoms with Crippen LogP contribution in [0.15, 0.2) is 0 Å². The van der Waals surface area contributed by atoms with Crippen molar-refractivity contribution in [1.82, 2.24) is 5.32 Å². The molecule has 2 aliphatic carbocycles. The number of hydrogen-bond donors (Lipinski definition) is 1. The first-order chi connectivity index (χ1) is 7.43. The monoisotopic (exact) mass is 239 g/mol. The molecule has 0 bridgehead atoms. The molecular formula is C10H13F4NO. The van der Waals surface area contributed by atoms with Gasteiger partial charge in [0.25, 0.3) is 5.91 Å². The van der Waals surface area contributed by atoms with Crippen LogP contribution >= 0.6 is 0 Å². The molecule has 6 heteroatoms. The first kappa shape index (κ1) is 11.7. The van der Waals surface area contributed by atoms with Crippen molar-refractivity contribution in [3.63, 3.8) is 0 Å². The Morgan fingerprint density at radius 1 is 1.12 bits per heavy atom. The van der Waals surface area contributed by atoms with Gasteiger partial charge in [-0.25, -0.2) is 8.78 Å². The lowest BCUT2D eigenvalue weighted by molar-refractivity contribution is -0.170. The standard InChI is InChI=1S/C10H13F4NO/c11-8(12)10(13,14)9(16)15-7(5-1-2-5)6-3-4-6/h5-8H,1-4H2,(H,15,16). The Labute approximate surface area is 90.4 Å². The van der Waals surface area contributed by atoms with Crippen molar-refractivity contribution in [2.24, 2.45) is 11.8 Å². The Morgan fingerprint density at radius 2 is 1.56 bits per heavy atom. The normalized spacial score (nSPS) is 21.6. The number of carbonyl (C=O) groups is 1. The summed E-state index contributed by atoms with van der Waals surface area (Å²) in [6.07, 6.45) is -0.376. The fraction of sp³-hybridized carbons (Fsp3) is 0.900. The number of alkyl halides is 4. The van der Waals surface area contributed by atoms with Crippen molar-refractivity contribution in [3.05, 3.63) is 0 Å². The summed E-state index contributed by atoms with van der Waals surface area (Å²) in [5.74, 6) is -5.97. The van der Waals surface area contributed by atoms with Crippen molar-refractivity contribution >= 4 is 5.91 Å². The van der Waals surface area contributed by atoms with Gasteiger partial charge >= 0.3 is 12.3 Å². The predicted molar refractivity (Wildman–Crippen MR) is 48.3 cm³/mol. The van der Waals surface area contributed by atoms with Gasteiger partial charge in [0.05, 0.1) is 0 Å². The second-order valence-corrected chi connectivity index (χ2v) is 4.60. The van der Waals surface area contributed by atoms with Crippen LogP contribution in [0.5, 0.6) is 0 Å². The van der Waals surface area contributed by atoms with E-state index < -0.39 is 18.3 Å².